The second-order valence-corrected chi connectivity index (χ2v) is 27.9. The molecule has 0 bridgehead atoms. The third-order valence-electron chi connectivity index (χ3n) is 3.76. The summed E-state index contributed by atoms with van der Waals surface area (Å²) >= 11 is -2.13. The Bertz CT molecular complexity index is 566. The predicted molar refractivity (Wildman–Crippen MR) is 135 cm³/mol. The zero-order chi connectivity index (χ0) is 20.3. The molecule has 2 aromatic carbocycles. The topological polar surface area (TPSA) is 0 Å². The van der Waals surface area contributed by atoms with E-state index in [4.69, 9.17) is 25.5 Å². The van der Waals surface area contributed by atoms with Crippen LogP contribution in [0.3, 0.4) is 0 Å². The van der Waals surface area contributed by atoms with Gasteiger partial charge in [-0.15, -0.1) is 0 Å². The quantitative estimate of drug-likeness (QED) is 0.202. The minimum Gasteiger partial charge on any atom is -0.0622 e. The number of hydrogen-bond donors (Lipinski definition) is 0. The molecule has 0 aliphatic heterocycles. The summed E-state index contributed by atoms with van der Waals surface area (Å²) in [6, 6.07) is 22.2. The van der Waals surface area contributed by atoms with Crippen molar-refractivity contribution in [1.82, 2.24) is 0 Å². The Balaban J connectivity index is 0.000000621. The summed E-state index contributed by atoms with van der Waals surface area (Å²) in [6.45, 7) is 9.31. The van der Waals surface area contributed by atoms with E-state index in [0.717, 1.165) is 5.66 Å². The molecule has 1 fully saturated rings. The maximum atomic E-state index is 5.00. The van der Waals surface area contributed by atoms with Gasteiger partial charge >= 0.3 is 43.7 Å². The fourth-order valence-electron chi connectivity index (χ4n) is 2.91. The van der Waals surface area contributed by atoms with E-state index < -0.39 is 26.2 Å². The van der Waals surface area contributed by atoms with Crippen LogP contribution in [0.25, 0.3) is 0 Å². The molecule has 0 nitrogen and oxygen atoms in total. The molecule has 0 aromatic heterocycles. The van der Waals surface area contributed by atoms with E-state index in [1.807, 2.05) is 0 Å². The molecule has 6 heteroatoms. The van der Waals surface area contributed by atoms with Gasteiger partial charge in [0.2, 0.25) is 0 Å². The van der Waals surface area contributed by atoms with E-state index in [9.17, 15) is 0 Å². The first-order chi connectivity index (χ1) is 12.7. The van der Waals surface area contributed by atoms with E-state index in [0.29, 0.717) is 0 Å². The summed E-state index contributed by atoms with van der Waals surface area (Å²) < 4.78 is 0. The first kappa shape index (κ1) is 28.8. The van der Waals surface area contributed by atoms with Crippen LogP contribution in [0.15, 0.2) is 60.7 Å². The Labute approximate surface area is 194 Å². The van der Waals surface area contributed by atoms with E-state index in [2.05, 4.69) is 86.9 Å². The number of rotatable bonds is 3. The van der Waals surface area contributed by atoms with Crippen molar-refractivity contribution in [2.24, 2.45) is 0 Å². The van der Waals surface area contributed by atoms with Gasteiger partial charge in [0.25, 0.3) is 0 Å². The molecule has 2 aromatic rings. The van der Waals surface area contributed by atoms with Crippen molar-refractivity contribution in [3.8, 4) is 0 Å². The number of hydrogen-bond acceptors (Lipinski definition) is 0. The van der Waals surface area contributed by atoms with E-state index >= 15 is 0 Å². The van der Waals surface area contributed by atoms with Gasteiger partial charge in [0.05, 0.1) is 0 Å². The van der Waals surface area contributed by atoms with Crippen molar-refractivity contribution in [3.05, 3.63) is 68.1 Å². The molecule has 0 unspecified atom stereocenters. The molecule has 157 valence electrons. The van der Waals surface area contributed by atoms with E-state index in [1.165, 1.54) is 25.7 Å². The zero-order valence-electron chi connectivity index (χ0n) is 17.8. The van der Waals surface area contributed by atoms with E-state index in [-0.39, 0.29) is 15.3 Å². The fraction of sp³-hybridized carbons (Fsp3) is 0.409. The molecule has 1 aliphatic rings. The summed E-state index contributed by atoms with van der Waals surface area (Å²) in [5, 5.41) is 3.09. The normalized spacial score (nSPS) is 13.6. The minimum absolute atomic E-state index is 0. The summed E-state index contributed by atoms with van der Waals surface area (Å²) in [5.41, 5.74) is 0.893. The number of benzene rings is 2. The van der Waals surface area contributed by atoms with Gasteiger partial charge in [-0.05, 0) is 37.0 Å². The molecule has 0 spiro atoms. The van der Waals surface area contributed by atoms with Crippen molar-refractivity contribution in [1.29, 1.82) is 0 Å². The second kappa shape index (κ2) is 15.6. The molecule has 0 atom stereocenters. The molecule has 3 rings (SSSR count). The monoisotopic (exact) mass is 552 g/mol. The smallest absolute Gasteiger partial charge is 0.0129 e. The maximum Gasteiger partial charge on any atom is -0.0129 e. The summed E-state index contributed by atoms with van der Waals surface area (Å²) in [6.07, 6.45) is 5.66. The van der Waals surface area contributed by atoms with Crippen molar-refractivity contribution in [2.45, 2.75) is 57.5 Å². The molecule has 0 radical (unpaired) electrons. The minimum atomic E-state index is -2.13. The predicted octanol–water partition coefficient (Wildman–Crippen LogP) is 8.53. The average Bonchev–Trinajstić information content (AvgIpc) is 3.09. The molecular weight excluding hydrogens is 521 g/mol. The van der Waals surface area contributed by atoms with Gasteiger partial charge in [-0.3, -0.25) is 0 Å². The summed E-state index contributed by atoms with van der Waals surface area (Å²) in [7, 11) is 14.2. The molecule has 0 saturated heterocycles. The van der Waals surface area contributed by atoms with Gasteiger partial charge in [-0.25, -0.2) is 0 Å². The maximum absolute atomic E-state index is 5.00. The van der Waals surface area contributed by atoms with Crippen molar-refractivity contribution in [3.63, 3.8) is 0 Å². The van der Waals surface area contributed by atoms with Gasteiger partial charge in [0, 0.05) is 8.07 Å². The van der Waals surface area contributed by atoms with Crippen molar-refractivity contribution < 1.29 is 18.2 Å². The summed E-state index contributed by atoms with van der Waals surface area (Å²) in [5.74, 6) is 0. The molecule has 28 heavy (non-hydrogen) atoms. The van der Waals surface area contributed by atoms with Crippen LogP contribution in [0, 0.1) is 7.43 Å². The SMILES string of the molecule is C[Si](C)(C)C.[CH3-].[Cl][Zr]([Cl])[Cl].c1ccc(P(c2ccccc2)C2CCCC2)cc1. The van der Waals surface area contributed by atoms with Crippen molar-refractivity contribution in [2.75, 3.05) is 0 Å². The molecule has 1 aliphatic carbocycles. The average molecular weight is 555 g/mol. The van der Waals surface area contributed by atoms with Crippen LogP contribution in [0.2, 0.25) is 26.2 Å². The van der Waals surface area contributed by atoms with Crippen LogP contribution >= 0.6 is 33.5 Å². The Hall–Kier alpha value is 0.840. The van der Waals surface area contributed by atoms with Gasteiger partial charge < -0.3 is 7.43 Å². The van der Waals surface area contributed by atoms with Crippen LogP contribution in [0.1, 0.15) is 25.7 Å². The first-order valence-corrected chi connectivity index (χ1v) is 24.3. The Morgan fingerprint density at radius 1 is 0.750 bits per heavy atom. The second-order valence-electron chi connectivity index (χ2n) is 8.19. The van der Waals surface area contributed by atoms with Gasteiger partial charge in [-0.1, -0.05) is 99.7 Å². The largest absolute Gasteiger partial charge is 0.0622 e. The Morgan fingerprint density at radius 3 is 1.32 bits per heavy atom. The zero-order valence-corrected chi connectivity index (χ0v) is 24.4. The van der Waals surface area contributed by atoms with Crippen LogP contribution in [0.5, 0.6) is 0 Å². The third-order valence-corrected chi connectivity index (χ3v) is 6.71. The summed E-state index contributed by atoms with van der Waals surface area (Å²) in [4.78, 5) is 0. The third kappa shape index (κ3) is 14.0. The fourth-order valence-corrected chi connectivity index (χ4v) is 5.92. The standard InChI is InChI=1S/C17H19P.C4H12Si.CH3.3ClH.Zr/c1-3-9-15(10-4-1)18(17-13-7-8-14-17)16-11-5-2-6-12-16;1-5(2,3)4;;;;;/h1-6,9-12,17H,7-8,13-14H2;1-4H3;1H3;3*1H;/q;;-1;;;;+3/p-3. The van der Waals surface area contributed by atoms with E-state index in [1.54, 1.807) is 10.6 Å². The molecule has 1 saturated carbocycles. The molecule has 0 heterocycles. The Kier molecular flexibility index (Phi) is 16.1. The Morgan fingerprint density at radius 2 is 1.04 bits per heavy atom. The van der Waals surface area contributed by atoms with Gasteiger partial charge in [0.1, 0.15) is 0 Å². The molecular formula is C22H34Cl3PSiZr-. The van der Waals surface area contributed by atoms with Crippen LogP contribution in [-0.2, 0) is 18.2 Å². The van der Waals surface area contributed by atoms with Crippen molar-refractivity contribution >= 4 is 52.1 Å². The van der Waals surface area contributed by atoms with Crippen LogP contribution in [-0.4, -0.2) is 13.7 Å². The molecule has 0 amide bonds. The van der Waals surface area contributed by atoms with Crippen LogP contribution in [0.4, 0.5) is 0 Å². The van der Waals surface area contributed by atoms with Crippen LogP contribution < -0.4 is 10.6 Å². The molecule has 0 N–H and O–H groups in total. The number of halogens is 3. The van der Waals surface area contributed by atoms with Gasteiger partial charge in [0.15, 0.2) is 0 Å². The first-order valence-electron chi connectivity index (χ1n) is 9.41. The van der Waals surface area contributed by atoms with Gasteiger partial charge in [-0.2, -0.15) is 0 Å².